The number of fused-ring (bicyclic) bond motifs is 3. The third-order valence-electron chi connectivity index (χ3n) is 11.3. The Morgan fingerprint density at radius 1 is 0.290 bits per heavy atom. The van der Waals surface area contributed by atoms with Crippen LogP contribution in [0.1, 0.15) is 0 Å². The van der Waals surface area contributed by atoms with Gasteiger partial charge in [-0.3, -0.25) is 0 Å². The van der Waals surface area contributed by atoms with Gasteiger partial charge in [0, 0.05) is 50.3 Å². The Labute approximate surface area is 359 Å². The Balaban J connectivity index is 1.05. The van der Waals surface area contributed by atoms with Crippen LogP contribution in [-0.2, 0) is 0 Å². The summed E-state index contributed by atoms with van der Waals surface area (Å²) < 4.78 is 6.80. The maximum Gasteiger partial charge on any atom is 0.164 e. The molecule has 0 atom stereocenters. The molecule has 0 aliphatic rings. The number of rotatable bonds is 9. The third-order valence-corrected chi connectivity index (χ3v) is 11.3. The van der Waals surface area contributed by atoms with E-state index in [2.05, 4.69) is 199 Å². The summed E-state index contributed by atoms with van der Waals surface area (Å²) in [4.78, 5) is 17.5. The number of para-hydroxylation sites is 2. The van der Waals surface area contributed by atoms with Gasteiger partial charge >= 0.3 is 0 Å². The Bertz CT molecular complexity index is 3270. The lowest BCUT2D eigenvalue weighted by Crippen LogP contribution is -2.12. The van der Waals surface area contributed by atoms with Crippen molar-refractivity contribution in [3.63, 3.8) is 0 Å². The van der Waals surface area contributed by atoms with Crippen molar-refractivity contribution in [3.05, 3.63) is 231 Å². The summed E-state index contributed by atoms with van der Waals surface area (Å²) in [5.41, 5.74) is 14.1. The average Bonchev–Trinajstić information content (AvgIpc) is 3.73. The zero-order valence-corrected chi connectivity index (χ0v) is 33.6. The number of anilines is 3. The molecule has 0 saturated carbocycles. The molecule has 0 unspecified atom stereocenters. The summed E-state index contributed by atoms with van der Waals surface area (Å²) in [6, 6.07) is 79.9. The van der Waals surface area contributed by atoms with Crippen molar-refractivity contribution in [1.82, 2.24) is 15.0 Å². The van der Waals surface area contributed by atoms with Gasteiger partial charge in [0.05, 0.1) is 11.4 Å². The fourth-order valence-electron chi connectivity index (χ4n) is 8.33. The standard InChI is InChI=1S/C57H38N4O/c1-5-18-39(19-6-1)43-26-17-27-44(36-43)56-58-55(42-24-11-4-12-25-42)59-57(60-56)45-32-34-49-50-35-33-46(38-54(50)62-53(49)37-45)61(51-30-15-13-28-47(51)40-20-7-2-8-21-40)52-31-16-14-29-48(52)41-22-9-3-10-23-41/h1-38H. The molecule has 11 aromatic rings. The molecule has 0 fully saturated rings. The highest BCUT2D eigenvalue weighted by Crippen LogP contribution is 2.46. The normalized spacial score (nSPS) is 11.2. The fraction of sp³-hybridized carbons (Fsp3) is 0. The first kappa shape index (κ1) is 36.7. The van der Waals surface area contributed by atoms with Gasteiger partial charge in [-0.05, 0) is 64.7 Å². The second kappa shape index (κ2) is 16.0. The number of furan rings is 1. The van der Waals surface area contributed by atoms with E-state index in [9.17, 15) is 0 Å². The predicted octanol–water partition coefficient (Wildman–Crippen LogP) is 15.2. The number of hydrogen-bond acceptors (Lipinski definition) is 5. The van der Waals surface area contributed by atoms with E-state index in [0.717, 1.165) is 89.1 Å². The lowest BCUT2D eigenvalue weighted by molar-refractivity contribution is 0.669. The molecule has 5 heteroatoms. The molecule has 0 amide bonds. The van der Waals surface area contributed by atoms with E-state index < -0.39 is 0 Å². The Morgan fingerprint density at radius 2 is 0.710 bits per heavy atom. The average molecular weight is 795 g/mol. The molecule has 11 rings (SSSR count). The quantitative estimate of drug-likeness (QED) is 0.146. The molecule has 0 N–H and O–H groups in total. The Kier molecular flexibility index (Phi) is 9.45. The molecule has 0 aliphatic carbocycles. The van der Waals surface area contributed by atoms with Crippen molar-refractivity contribution >= 4 is 39.0 Å². The van der Waals surface area contributed by atoms with Gasteiger partial charge in [-0.25, -0.2) is 15.0 Å². The molecule has 5 nitrogen and oxygen atoms in total. The smallest absolute Gasteiger partial charge is 0.164 e. The molecule has 2 aromatic heterocycles. The molecule has 0 bridgehead atoms. The van der Waals surface area contributed by atoms with E-state index in [0.29, 0.717) is 17.5 Å². The summed E-state index contributed by atoms with van der Waals surface area (Å²) in [6.45, 7) is 0. The number of benzene rings is 9. The van der Waals surface area contributed by atoms with Crippen molar-refractivity contribution in [1.29, 1.82) is 0 Å². The van der Waals surface area contributed by atoms with Crippen molar-refractivity contribution in [2.75, 3.05) is 4.90 Å². The van der Waals surface area contributed by atoms with Crippen LogP contribution in [0.25, 0.3) is 89.5 Å². The Hall–Kier alpha value is -8.41. The number of hydrogen-bond donors (Lipinski definition) is 0. The van der Waals surface area contributed by atoms with Crippen molar-refractivity contribution in [3.8, 4) is 67.5 Å². The monoisotopic (exact) mass is 794 g/mol. The maximum absolute atomic E-state index is 6.80. The van der Waals surface area contributed by atoms with Crippen LogP contribution in [-0.4, -0.2) is 15.0 Å². The lowest BCUT2D eigenvalue weighted by atomic mass is 9.98. The summed E-state index contributed by atoms with van der Waals surface area (Å²) in [5.74, 6) is 1.78. The molecule has 9 aromatic carbocycles. The first-order valence-corrected chi connectivity index (χ1v) is 20.8. The molecule has 0 spiro atoms. The molecule has 0 radical (unpaired) electrons. The van der Waals surface area contributed by atoms with Gasteiger partial charge in [0.25, 0.3) is 0 Å². The van der Waals surface area contributed by atoms with Gasteiger partial charge < -0.3 is 9.32 Å². The van der Waals surface area contributed by atoms with E-state index in [1.165, 1.54) is 0 Å². The Morgan fingerprint density at radius 3 is 1.29 bits per heavy atom. The number of nitrogens with zero attached hydrogens (tertiary/aromatic N) is 4. The molecule has 292 valence electrons. The van der Waals surface area contributed by atoms with Gasteiger partial charge in [-0.15, -0.1) is 0 Å². The van der Waals surface area contributed by atoms with Gasteiger partial charge in [0.1, 0.15) is 11.2 Å². The SMILES string of the molecule is c1ccc(-c2cccc(-c3nc(-c4ccccc4)nc(-c4ccc5c(c4)oc4cc(N(c6ccccc6-c6ccccc6)c6ccccc6-c6ccccc6)ccc45)n3)c2)cc1. The number of aromatic nitrogens is 3. The van der Waals surface area contributed by atoms with Crippen LogP contribution in [0.4, 0.5) is 17.1 Å². The van der Waals surface area contributed by atoms with E-state index in [1.807, 2.05) is 36.4 Å². The van der Waals surface area contributed by atoms with Crippen LogP contribution in [0.3, 0.4) is 0 Å². The highest BCUT2D eigenvalue weighted by Gasteiger charge is 2.22. The van der Waals surface area contributed by atoms with Gasteiger partial charge in [0.15, 0.2) is 17.5 Å². The summed E-state index contributed by atoms with van der Waals surface area (Å²) in [7, 11) is 0. The molecule has 0 saturated heterocycles. The zero-order valence-electron chi connectivity index (χ0n) is 33.6. The maximum atomic E-state index is 6.80. The molecule has 62 heavy (non-hydrogen) atoms. The molecular weight excluding hydrogens is 757 g/mol. The summed E-state index contributed by atoms with van der Waals surface area (Å²) >= 11 is 0. The highest BCUT2D eigenvalue weighted by atomic mass is 16.3. The molecule has 0 aliphatic heterocycles. The minimum Gasteiger partial charge on any atom is -0.456 e. The van der Waals surface area contributed by atoms with Crippen LogP contribution >= 0.6 is 0 Å². The van der Waals surface area contributed by atoms with Gasteiger partial charge in [-0.1, -0.05) is 182 Å². The molecule has 2 heterocycles. The van der Waals surface area contributed by atoms with Crippen LogP contribution in [0.5, 0.6) is 0 Å². The van der Waals surface area contributed by atoms with Crippen LogP contribution in [0.15, 0.2) is 235 Å². The fourth-order valence-corrected chi connectivity index (χ4v) is 8.33. The van der Waals surface area contributed by atoms with Crippen LogP contribution in [0, 0.1) is 0 Å². The summed E-state index contributed by atoms with van der Waals surface area (Å²) in [6.07, 6.45) is 0. The van der Waals surface area contributed by atoms with E-state index in [4.69, 9.17) is 19.4 Å². The van der Waals surface area contributed by atoms with Crippen LogP contribution in [0.2, 0.25) is 0 Å². The van der Waals surface area contributed by atoms with Crippen molar-refractivity contribution in [2.45, 2.75) is 0 Å². The predicted molar refractivity (Wildman–Crippen MR) is 254 cm³/mol. The summed E-state index contributed by atoms with van der Waals surface area (Å²) in [5, 5.41) is 2.05. The first-order valence-electron chi connectivity index (χ1n) is 20.8. The third kappa shape index (κ3) is 6.97. The van der Waals surface area contributed by atoms with Crippen molar-refractivity contribution < 1.29 is 4.42 Å². The lowest BCUT2D eigenvalue weighted by Gasteiger charge is -2.29. The van der Waals surface area contributed by atoms with Gasteiger partial charge in [-0.2, -0.15) is 0 Å². The van der Waals surface area contributed by atoms with Gasteiger partial charge in [0.2, 0.25) is 0 Å². The minimum atomic E-state index is 0.572. The first-order chi connectivity index (χ1) is 30.7. The largest absolute Gasteiger partial charge is 0.456 e. The topological polar surface area (TPSA) is 55.1 Å². The second-order valence-electron chi connectivity index (χ2n) is 15.2. The zero-order chi connectivity index (χ0) is 41.2. The van der Waals surface area contributed by atoms with E-state index in [1.54, 1.807) is 0 Å². The van der Waals surface area contributed by atoms with E-state index >= 15 is 0 Å². The van der Waals surface area contributed by atoms with Crippen molar-refractivity contribution in [2.24, 2.45) is 0 Å². The minimum absolute atomic E-state index is 0.572. The van der Waals surface area contributed by atoms with Crippen LogP contribution < -0.4 is 4.90 Å². The molecular formula is C57H38N4O. The highest BCUT2D eigenvalue weighted by molar-refractivity contribution is 6.07. The van der Waals surface area contributed by atoms with E-state index in [-0.39, 0.29) is 0 Å². The second-order valence-corrected chi connectivity index (χ2v) is 15.2.